The van der Waals surface area contributed by atoms with E-state index in [-0.39, 0.29) is 23.9 Å². The highest BCUT2D eigenvalue weighted by Crippen LogP contribution is 2.25. The second-order valence-corrected chi connectivity index (χ2v) is 4.10. The summed E-state index contributed by atoms with van der Waals surface area (Å²) in [6, 6.07) is 8.31. The van der Waals surface area contributed by atoms with Crippen molar-refractivity contribution in [3.8, 4) is 17.2 Å². The van der Waals surface area contributed by atoms with Crippen LogP contribution >= 0.6 is 0 Å². The lowest BCUT2D eigenvalue weighted by atomic mass is 10.2. The molecule has 0 aliphatic heterocycles. The standard InChI is InChI=1S/C14H10F4O3/c15-12-6-3-10(19)7-13(12)20-8-9-1-4-11(5-2-9)21-14(16,17)18/h1-7,19H,8H2. The van der Waals surface area contributed by atoms with Crippen LogP contribution in [0.3, 0.4) is 0 Å². The second kappa shape index (κ2) is 5.90. The average Bonchev–Trinajstić information content (AvgIpc) is 2.40. The van der Waals surface area contributed by atoms with Gasteiger partial charge in [-0.05, 0) is 29.8 Å². The Hall–Kier alpha value is -2.44. The Labute approximate surface area is 117 Å². The van der Waals surface area contributed by atoms with Gasteiger partial charge in [-0.2, -0.15) is 0 Å². The molecule has 0 aliphatic rings. The van der Waals surface area contributed by atoms with Crippen molar-refractivity contribution in [2.24, 2.45) is 0 Å². The van der Waals surface area contributed by atoms with Crippen LogP contribution in [0, 0.1) is 5.82 Å². The Kier molecular flexibility index (Phi) is 4.21. The van der Waals surface area contributed by atoms with Gasteiger partial charge in [0.05, 0.1) is 0 Å². The zero-order chi connectivity index (χ0) is 15.5. The zero-order valence-electron chi connectivity index (χ0n) is 10.5. The Balaban J connectivity index is 1.99. The van der Waals surface area contributed by atoms with Gasteiger partial charge in [0.15, 0.2) is 11.6 Å². The van der Waals surface area contributed by atoms with Crippen molar-refractivity contribution in [2.75, 3.05) is 0 Å². The molecule has 0 amide bonds. The van der Waals surface area contributed by atoms with E-state index in [0.29, 0.717) is 5.56 Å². The maximum Gasteiger partial charge on any atom is 0.573 e. The molecule has 112 valence electrons. The largest absolute Gasteiger partial charge is 0.573 e. The SMILES string of the molecule is Oc1ccc(F)c(OCc2ccc(OC(F)(F)F)cc2)c1. The average molecular weight is 302 g/mol. The van der Waals surface area contributed by atoms with Gasteiger partial charge in [-0.15, -0.1) is 13.2 Å². The normalized spacial score (nSPS) is 11.2. The lowest BCUT2D eigenvalue weighted by Gasteiger charge is -2.10. The van der Waals surface area contributed by atoms with Crippen LogP contribution in [0.4, 0.5) is 17.6 Å². The number of phenolic OH excluding ortho intramolecular Hbond substituents is 1. The van der Waals surface area contributed by atoms with Gasteiger partial charge in [0.25, 0.3) is 0 Å². The molecule has 1 N–H and O–H groups in total. The van der Waals surface area contributed by atoms with E-state index in [1.807, 2.05) is 0 Å². The number of ether oxygens (including phenoxy) is 2. The molecular formula is C14H10F4O3. The summed E-state index contributed by atoms with van der Waals surface area (Å²) < 4.78 is 58.2. The lowest BCUT2D eigenvalue weighted by Crippen LogP contribution is -2.17. The minimum atomic E-state index is -4.75. The highest BCUT2D eigenvalue weighted by molar-refractivity contribution is 5.34. The van der Waals surface area contributed by atoms with E-state index < -0.39 is 12.2 Å². The molecule has 0 atom stereocenters. The first-order valence-corrected chi connectivity index (χ1v) is 5.79. The van der Waals surface area contributed by atoms with Gasteiger partial charge in [-0.3, -0.25) is 0 Å². The van der Waals surface area contributed by atoms with E-state index in [1.54, 1.807) is 0 Å². The smallest absolute Gasteiger partial charge is 0.508 e. The van der Waals surface area contributed by atoms with Crippen molar-refractivity contribution in [1.29, 1.82) is 0 Å². The van der Waals surface area contributed by atoms with Crippen molar-refractivity contribution in [3.63, 3.8) is 0 Å². The highest BCUT2D eigenvalue weighted by Gasteiger charge is 2.30. The van der Waals surface area contributed by atoms with E-state index in [1.165, 1.54) is 18.2 Å². The summed E-state index contributed by atoms with van der Waals surface area (Å²) in [5.74, 6) is -1.30. The van der Waals surface area contributed by atoms with Crippen LogP contribution in [0.25, 0.3) is 0 Å². The molecule has 0 spiro atoms. The number of aromatic hydroxyl groups is 1. The fourth-order valence-corrected chi connectivity index (χ4v) is 1.55. The quantitative estimate of drug-likeness (QED) is 0.867. The molecule has 0 saturated carbocycles. The summed E-state index contributed by atoms with van der Waals surface area (Å²) in [6.45, 7) is -0.0628. The van der Waals surface area contributed by atoms with Gasteiger partial charge in [-0.1, -0.05) is 12.1 Å². The fourth-order valence-electron chi connectivity index (χ4n) is 1.55. The zero-order valence-corrected chi connectivity index (χ0v) is 10.5. The number of rotatable bonds is 4. The number of hydrogen-bond acceptors (Lipinski definition) is 3. The molecule has 7 heteroatoms. The molecule has 2 rings (SSSR count). The third kappa shape index (κ3) is 4.55. The molecule has 21 heavy (non-hydrogen) atoms. The van der Waals surface area contributed by atoms with E-state index in [0.717, 1.165) is 24.3 Å². The van der Waals surface area contributed by atoms with Crippen molar-refractivity contribution in [2.45, 2.75) is 13.0 Å². The Bertz CT molecular complexity index is 609. The number of phenols is 1. The first kappa shape index (κ1) is 15.0. The summed E-state index contributed by atoms with van der Waals surface area (Å²) in [5, 5.41) is 9.21. The number of halogens is 4. The van der Waals surface area contributed by atoms with Crippen LogP contribution in [0.2, 0.25) is 0 Å². The Morgan fingerprint density at radius 2 is 1.67 bits per heavy atom. The van der Waals surface area contributed by atoms with Crippen LogP contribution in [-0.4, -0.2) is 11.5 Å². The molecule has 2 aromatic rings. The molecule has 0 heterocycles. The molecule has 2 aromatic carbocycles. The predicted molar refractivity (Wildman–Crippen MR) is 65.5 cm³/mol. The first-order valence-electron chi connectivity index (χ1n) is 5.79. The minimum absolute atomic E-state index is 0.0628. The van der Waals surface area contributed by atoms with Crippen molar-refractivity contribution in [3.05, 3.63) is 53.8 Å². The third-order valence-electron chi connectivity index (χ3n) is 2.47. The summed E-state index contributed by atoms with van der Waals surface area (Å²) in [7, 11) is 0. The maximum absolute atomic E-state index is 13.3. The van der Waals surface area contributed by atoms with Gasteiger partial charge < -0.3 is 14.6 Å². The molecule has 0 aliphatic carbocycles. The number of alkyl halides is 3. The molecule has 0 fully saturated rings. The Morgan fingerprint density at radius 3 is 2.29 bits per heavy atom. The van der Waals surface area contributed by atoms with Gasteiger partial charge in [0.1, 0.15) is 18.1 Å². The summed E-state index contributed by atoms with van der Waals surface area (Å²) in [5.41, 5.74) is 0.521. The molecule has 0 bridgehead atoms. The van der Waals surface area contributed by atoms with Crippen LogP contribution in [0.5, 0.6) is 17.2 Å². The summed E-state index contributed by atoms with van der Waals surface area (Å²) in [4.78, 5) is 0. The molecule has 0 radical (unpaired) electrons. The van der Waals surface area contributed by atoms with E-state index >= 15 is 0 Å². The number of benzene rings is 2. The van der Waals surface area contributed by atoms with Crippen LogP contribution < -0.4 is 9.47 Å². The molecular weight excluding hydrogens is 292 g/mol. The van der Waals surface area contributed by atoms with Gasteiger partial charge in [-0.25, -0.2) is 4.39 Å². The number of hydrogen-bond donors (Lipinski definition) is 1. The van der Waals surface area contributed by atoms with Crippen molar-refractivity contribution in [1.82, 2.24) is 0 Å². The minimum Gasteiger partial charge on any atom is -0.508 e. The fraction of sp³-hybridized carbons (Fsp3) is 0.143. The topological polar surface area (TPSA) is 38.7 Å². The van der Waals surface area contributed by atoms with Gasteiger partial charge in [0.2, 0.25) is 0 Å². The highest BCUT2D eigenvalue weighted by atomic mass is 19.4. The third-order valence-corrected chi connectivity index (χ3v) is 2.47. The van der Waals surface area contributed by atoms with E-state index in [9.17, 15) is 22.7 Å². The molecule has 3 nitrogen and oxygen atoms in total. The molecule has 0 saturated heterocycles. The van der Waals surface area contributed by atoms with Crippen molar-refractivity contribution >= 4 is 0 Å². The summed E-state index contributed by atoms with van der Waals surface area (Å²) in [6.07, 6.45) is -4.75. The lowest BCUT2D eigenvalue weighted by molar-refractivity contribution is -0.274. The van der Waals surface area contributed by atoms with Crippen LogP contribution in [0.1, 0.15) is 5.56 Å². The Morgan fingerprint density at radius 1 is 1.00 bits per heavy atom. The maximum atomic E-state index is 13.3. The van der Waals surface area contributed by atoms with Gasteiger partial charge >= 0.3 is 6.36 Å². The molecule has 0 aromatic heterocycles. The van der Waals surface area contributed by atoms with Crippen molar-refractivity contribution < 1.29 is 32.1 Å². The molecule has 0 unspecified atom stereocenters. The van der Waals surface area contributed by atoms with Crippen LogP contribution in [-0.2, 0) is 6.61 Å². The first-order chi connectivity index (χ1) is 9.83. The van der Waals surface area contributed by atoms with Gasteiger partial charge in [0, 0.05) is 6.07 Å². The predicted octanol–water partition coefficient (Wildman–Crippen LogP) is 4.01. The van der Waals surface area contributed by atoms with E-state index in [2.05, 4.69) is 4.74 Å². The van der Waals surface area contributed by atoms with E-state index in [4.69, 9.17) is 4.74 Å². The second-order valence-electron chi connectivity index (χ2n) is 4.10. The monoisotopic (exact) mass is 302 g/mol. The summed E-state index contributed by atoms with van der Waals surface area (Å²) >= 11 is 0. The van der Waals surface area contributed by atoms with Crippen LogP contribution in [0.15, 0.2) is 42.5 Å².